The number of ether oxygens (including phenoxy) is 1. The van der Waals surface area contributed by atoms with Crippen molar-refractivity contribution in [2.45, 2.75) is 153 Å². The van der Waals surface area contributed by atoms with Crippen molar-refractivity contribution in [3.63, 3.8) is 0 Å². The van der Waals surface area contributed by atoms with Gasteiger partial charge >= 0.3 is 5.69 Å². The Morgan fingerprint density at radius 1 is 0.875 bits per heavy atom. The van der Waals surface area contributed by atoms with Gasteiger partial charge in [0, 0.05) is 65.5 Å². The van der Waals surface area contributed by atoms with Crippen LogP contribution >= 0.6 is 0 Å². The lowest BCUT2D eigenvalue weighted by Gasteiger charge is -2.47. The molecule has 2 saturated heterocycles. The fraction of sp³-hybridized carbons (Fsp3) is 0.460. The third-order valence-corrected chi connectivity index (χ3v) is 16.5. The highest BCUT2D eigenvalue weighted by Crippen LogP contribution is 2.44. The van der Waals surface area contributed by atoms with Gasteiger partial charge < -0.3 is 46.9 Å². The van der Waals surface area contributed by atoms with E-state index in [0.29, 0.717) is 46.9 Å². The predicted octanol–water partition coefficient (Wildman–Crippen LogP) is 5.55. The number of aromatic amines is 1. The van der Waals surface area contributed by atoms with Crippen LogP contribution < -0.4 is 43.1 Å². The quantitative estimate of drug-likeness (QED) is 0.0335. The molecule has 11 rings (SSSR count). The SMILES string of the molecule is CC(C)(C)NC(=O)[C@@H]1C[C@@H]2CCCC[C@@H]2CN1C[C@@H](O)[C@H](Cc1ccccc1)NC(=O)C(CC(N)=O)NC(=O)c1ccc2ccccc2n1.Cc1ccnc2c1NC(=O)c1cccnc1N2C1CC1.Cc1cn([C@H]2C[C@H](N=[N+]=[N-])[C@@H](CO)O2)c(=O)[nH]c1=O. The molecule has 3 aliphatic heterocycles. The van der Waals surface area contributed by atoms with Gasteiger partial charge in [-0.25, -0.2) is 19.7 Å². The minimum atomic E-state index is -1.30. The van der Waals surface area contributed by atoms with Crippen LogP contribution in [-0.2, 0) is 25.5 Å². The minimum absolute atomic E-state index is 0.0566. The van der Waals surface area contributed by atoms with E-state index in [4.69, 9.17) is 21.1 Å². The number of H-pyrrole nitrogens is 1. The molecule has 0 bridgehead atoms. The standard InChI is InChI=1S/C38H50N6O5.C15H14N4O.C10H13N5O4/c1-38(2,3)43-37(49)32-20-26-14-7-8-15-27(26)22-44(32)23-33(45)30(19-24-11-5-4-6-12-24)41-36(48)31(21-34(39)46)42-35(47)29-18-17-25-13-9-10-16-28(25)40-29;1-9-6-8-17-14-12(9)18-15(20)11-3-2-7-16-13(11)19(14)10-4-5-10;1-5-3-15(10(18)12-9(5)17)8-2-6(13-14-11)7(4-16)19-8/h4-6,9-13,16-18,26-27,30-33,45H,7-8,14-15,19-23H2,1-3H3,(H2,39,46)(H,41,48)(H,42,47)(H,43,49);2-3,6-8,10H,4-5H2,1H3,(H,18,20);3,6-8,16H,2,4H2,1H3,(H,12,17,18)/t26-,27+,30-,31?,32-,33+;;6-,7+,8+/m0.0/s1. The zero-order chi connectivity index (χ0) is 62.8. The van der Waals surface area contributed by atoms with Crippen molar-refractivity contribution in [2.24, 2.45) is 22.7 Å². The summed E-state index contributed by atoms with van der Waals surface area (Å²) in [6.07, 6.45) is 10.1. The summed E-state index contributed by atoms with van der Waals surface area (Å²) < 4.78 is 6.69. The lowest BCUT2D eigenvalue weighted by Crippen LogP contribution is -2.61. The lowest BCUT2D eigenvalue weighted by molar-refractivity contribution is -0.133. The molecule has 9 N–H and O–H groups in total. The van der Waals surface area contributed by atoms with Crippen molar-refractivity contribution in [1.82, 2.24) is 45.4 Å². The van der Waals surface area contributed by atoms with Crippen LogP contribution in [0.1, 0.15) is 122 Å². The molecule has 25 nitrogen and oxygen atoms in total. The molecule has 1 unspecified atom stereocenters. The molecule has 0 spiro atoms. The van der Waals surface area contributed by atoms with Gasteiger partial charge in [-0.15, -0.1) is 0 Å². The summed E-state index contributed by atoms with van der Waals surface area (Å²) >= 11 is 0. The number of nitrogens with zero attached hydrogens (tertiary/aromatic N) is 9. The van der Waals surface area contributed by atoms with Crippen LogP contribution in [0.3, 0.4) is 0 Å². The molecule has 4 aromatic heterocycles. The highest BCUT2D eigenvalue weighted by Gasteiger charge is 2.43. The number of anilines is 3. The number of aromatic nitrogens is 5. The molecule has 5 amide bonds. The van der Waals surface area contributed by atoms with Crippen LogP contribution in [0.15, 0.2) is 118 Å². The first kappa shape index (κ1) is 63.6. The number of fused-ring (bicyclic) bond motifs is 4. The summed E-state index contributed by atoms with van der Waals surface area (Å²) in [6.45, 7) is 9.97. The van der Waals surface area contributed by atoms with E-state index in [1.165, 1.54) is 17.2 Å². The number of amides is 5. The van der Waals surface area contributed by atoms with E-state index >= 15 is 0 Å². The number of carbonyl (C=O) groups is 5. The third kappa shape index (κ3) is 15.8. The Labute approximate surface area is 508 Å². The Morgan fingerprint density at radius 2 is 1.60 bits per heavy atom. The molecule has 2 aliphatic carbocycles. The molecule has 6 aromatic rings. The average molecular weight is 1200 g/mol. The van der Waals surface area contributed by atoms with Gasteiger partial charge in [0.1, 0.15) is 23.8 Å². The smallest absolute Gasteiger partial charge is 0.330 e. The van der Waals surface area contributed by atoms with Crippen molar-refractivity contribution in [2.75, 3.05) is 29.9 Å². The second kappa shape index (κ2) is 28.3. The van der Waals surface area contributed by atoms with Crippen molar-refractivity contribution in [3.8, 4) is 0 Å². The van der Waals surface area contributed by atoms with Crippen LogP contribution in [0.25, 0.3) is 21.3 Å². The molecule has 88 heavy (non-hydrogen) atoms. The van der Waals surface area contributed by atoms with Crippen molar-refractivity contribution < 1.29 is 38.9 Å². The average Bonchev–Trinajstić information content (AvgIpc) is 2.08. The minimum Gasteiger partial charge on any atom is -0.394 e. The number of β-amino-alcohol motifs (C(OH)–C–C–N with tert-alkyl or cyclic N) is 1. The molecule has 4 fully saturated rings. The zero-order valence-corrected chi connectivity index (χ0v) is 50.0. The van der Waals surface area contributed by atoms with E-state index in [2.05, 4.69) is 61.0 Å². The van der Waals surface area contributed by atoms with Crippen LogP contribution in [0, 0.1) is 25.7 Å². The summed E-state index contributed by atoms with van der Waals surface area (Å²) in [7, 11) is 0. The van der Waals surface area contributed by atoms with Gasteiger partial charge in [-0.1, -0.05) is 79.0 Å². The molecule has 9 atom stereocenters. The predicted molar refractivity (Wildman–Crippen MR) is 329 cm³/mol. The summed E-state index contributed by atoms with van der Waals surface area (Å²) in [5.41, 5.74) is 16.9. The molecule has 25 heteroatoms. The number of hydrogen-bond acceptors (Lipinski definition) is 16. The fourth-order valence-corrected chi connectivity index (χ4v) is 11.9. The summed E-state index contributed by atoms with van der Waals surface area (Å²) in [4.78, 5) is 111. The van der Waals surface area contributed by atoms with Crippen LogP contribution in [-0.4, -0.2) is 137 Å². The maximum atomic E-state index is 13.8. The van der Waals surface area contributed by atoms with E-state index < -0.39 is 83.5 Å². The molecule has 5 aliphatic rings. The summed E-state index contributed by atoms with van der Waals surface area (Å²) in [6, 6.07) is 23.0. The molecule has 0 radical (unpaired) electrons. The number of nitrogens with two attached hydrogens (primary N) is 1. The van der Waals surface area contributed by atoms with Crippen LogP contribution in [0.2, 0.25) is 0 Å². The van der Waals surface area contributed by atoms with Crippen LogP contribution in [0.4, 0.5) is 17.3 Å². The van der Waals surface area contributed by atoms with Gasteiger partial charge in [0.15, 0.2) is 5.82 Å². The second-order valence-corrected chi connectivity index (χ2v) is 24.3. The maximum absolute atomic E-state index is 13.8. The maximum Gasteiger partial charge on any atom is 0.330 e. The Morgan fingerprint density at radius 3 is 2.32 bits per heavy atom. The number of rotatable bonds is 16. The largest absolute Gasteiger partial charge is 0.394 e. The highest BCUT2D eigenvalue weighted by molar-refractivity contribution is 6.12. The fourth-order valence-electron chi connectivity index (χ4n) is 11.9. The number of piperidine rings is 1. The first-order valence-electron chi connectivity index (χ1n) is 29.9. The number of primary amides is 1. The number of azide groups is 1. The number of nitrogens with one attached hydrogen (secondary N) is 5. The van der Waals surface area contributed by atoms with Crippen LogP contribution in [0.5, 0.6) is 0 Å². The number of para-hydroxylation sites is 1. The number of aryl methyl sites for hydroxylation is 2. The number of benzene rings is 2. The first-order valence-corrected chi connectivity index (χ1v) is 29.9. The third-order valence-electron chi connectivity index (χ3n) is 16.5. The number of hydrogen-bond donors (Lipinski definition) is 8. The van der Waals surface area contributed by atoms with E-state index in [-0.39, 0.29) is 43.5 Å². The molecular weight excluding hydrogens is 1130 g/mol. The molecule has 7 heterocycles. The topological polar surface area (TPSA) is 358 Å². The molecule has 464 valence electrons. The van der Waals surface area contributed by atoms with E-state index in [1.54, 1.807) is 43.6 Å². The molecule has 2 aromatic carbocycles. The zero-order valence-electron chi connectivity index (χ0n) is 50.0. The monoisotopic (exact) mass is 1200 g/mol. The normalized spacial score (nSPS) is 21.5. The number of aliphatic hydroxyl groups excluding tert-OH is 2. The van der Waals surface area contributed by atoms with Gasteiger partial charge in [-0.05, 0) is 126 Å². The Hall–Kier alpha value is -8.87. The Kier molecular flexibility index (Phi) is 20.5. The van der Waals surface area contributed by atoms with Gasteiger partial charge in [0.05, 0.1) is 60.1 Å². The Bertz CT molecular complexity index is 3680. The van der Waals surface area contributed by atoms with Gasteiger partial charge in [0.2, 0.25) is 17.7 Å². The van der Waals surface area contributed by atoms with Crippen molar-refractivity contribution in [3.05, 3.63) is 163 Å². The van der Waals surface area contributed by atoms with Gasteiger partial charge in [-0.2, -0.15) is 0 Å². The Balaban J connectivity index is 0.000000191. The number of likely N-dealkylation sites (tertiary alicyclic amines) is 1. The van der Waals surface area contributed by atoms with E-state index in [1.807, 2.05) is 88.4 Å². The van der Waals surface area contributed by atoms with Gasteiger partial charge in [-0.3, -0.25) is 43.2 Å². The van der Waals surface area contributed by atoms with E-state index in [9.17, 15) is 38.7 Å². The molecule has 2 saturated carbocycles. The number of carbonyl (C=O) groups excluding carboxylic acids is 5. The number of aliphatic hydroxyl groups is 2. The first-order chi connectivity index (χ1) is 42.2. The van der Waals surface area contributed by atoms with E-state index in [0.717, 1.165) is 66.5 Å². The summed E-state index contributed by atoms with van der Waals surface area (Å²) in [5.74, 6) is 0.204. The molecular formula is C63H77N15O10. The van der Waals surface area contributed by atoms with Crippen molar-refractivity contribution in [1.29, 1.82) is 0 Å². The highest BCUT2D eigenvalue weighted by atomic mass is 16.5. The van der Waals surface area contributed by atoms with Crippen molar-refractivity contribution >= 4 is 57.8 Å². The lowest BCUT2D eigenvalue weighted by atomic mass is 9.72. The van der Waals surface area contributed by atoms with Gasteiger partial charge in [0.25, 0.3) is 17.4 Å². The summed E-state index contributed by atoms with van der Waals surface area (Å²) in [5, 5.41) is 37.1. The number of pyridine rings is 3. The second-order valence-electron chi connectivity index (χ2n) is 24.3.